The highest BCUT2D eigenvalue weighted by Gasteiger charge is 2.28. The molecule has 13 heteroatoms. The number of nitrogens with one attached hydrogen (secondary N) is 2. The first-order chi connectivity index (χ1) is 22.6. The summed E-state index contributed by atoms with van der Waals surface area (Å²) in [5.74, 6) is -0.658. The number of carbonyl (C=O) groups is 2. The Morgan fingerprint density at radius 1 is 0.917 bits per heavy atom. The molecule has 0 aliphatic carbocycles. The van der Waals surface area contributed by atoms with E-state index in [-0.39, 0.29) is 34.7 Å². The molecule has 4 aromatic rings. The molecule has 1 unspecified atom stereocenters. The van der Waals surface area contributed by atoms with Crippen molar-refractivity contribution in [3.8, 4) is 11.3 Å². The van der Waals surface area contributed by atoms with Crippen LogP contribution in [-0.4, -0.2) is 61.3 Å². The maximum absolute atomic E-state index is 15.4. The van der Waals surface area contributed by atoms with E-state index in [9.17, 15) is 9.59 Å². The molecule has 4 heterocycles. The number of hydrogen-bond acceptors (Lipinski definition) is 9. The van der Waals surface area contributed by atoms with E-state index >= 15 is 8.78 Å². The molecule has 1 aromatic carbocycles. The summed E-state index contributed by atoms with van der Waals surface area (Å²) in [7, 11) is 0. The van der Waals surface area contributed by atoms with Crippen molar-refractivity contribution in [1.29, 1.82) is 0 Å². The Balaban J connectivity index is 1.31. The number of alkyl carbamates (subject to hydrolysis) is 1. The van der Waals surface area contributed by atoms with Gasteiger partial charge in [-0.3, -0.25) is 4.98 Å². The lowest BCUT2D eigenvalue weighted by Gasteiger charge is -2.33. The van der Waals surface area contributed by atoms with Crippen LogP contribution in [0.15, 0.2) is 48.9 Å². The van der Waals surface area contributed by atoms with Crippen molar-refractivity contribution in [1.82, 2.24) is 30.2 Å². The molecule has 2 N–H and O–H groups in total. The highest BCUT2D eigenvalue weighted by molar-refractivity contribution is 5.88. The Hall–Kier alpha value is -4.94. The fourth-order valence-electron chi connectivity index (χ4n) is 5.50. The number of carbonyl (C=O) groups excluding carboxylic acids is 2. The van der Waals surface area contributed by atoms with Crippen LogP contribution in [0.25, 0.3) is 22.2 Å². The normalized spacial score (nSPS) is 14.8. The van der Waals surface area contributed by atoms with Crippen LogP contribution in [0.4, 0.5) is 30.1 Å². The van der Waals surface area contributed by atoms with E-state index in [1.165, 1.54) is 12.3 Å². The predicted molar refractivity (Wildman–Crippen MR) is 178 cm³/mol. The van der Waals surface area contributed by atoms with E-state index in [0.29, 0.717) is 29.9 Å². The summed E-state index contributed by atoms with van der Waals surface area (Å²) in [4.78, 5) is 43.6. The van der Waals surface area contributed by atoms with Crippen molar-refractivity contribution in [2.75, 3.05) is 18.4 Å². The predicted octanol–water partition coefficient (Wildman–Crippen LogP) is 7.81. The van der Waals surface area contributed by atoms with Gasteiger partial charge in [-0.15, -0.1) is 0 Å². The average Bonchev–Trinajstić information content (AvgIpc) is 3.00. The zero-order valence-corrected chi connectivity index (χ0v) is 28.2. The van der Waals surface area contributed by atoms with Crippen LogP contribution in [-0.2, 0) is 9.47 Å². The van der Waals surface area contributed by atoms with Crippen LogP contribution in [0.5, 0.6) is 0 Å². The second-order valence-electron chi connectivity index (χ2n) is 13.9. The molecule has 3 aromatic heterocycles. The van der Waals surface area contributed by atoms with Gasteiger partial charge >= 0.3 is 12.2 Å². The third-order valence-electron chi connectivity index (χ3n) is 7.69. The largest absolute Gasteiger partial charge is 0.444 e. The summed E-state index contributed by atoms with van der Waals surface area (Å²) in [6, 6.07) is 7.59. The smallest absolute Gasteiger partial charge is 0.410 e. The highest BCUT2D eigenvalue weighted by atomic mass is 19.1. The van der Waals surface area contributed by atoms with Gasteiger partial charge in [-0.2, -0.15) is 0 Å². The molecule has 5 rings (SSSR count). The number of aromatic nitrogens is 4. The van der Waals surface area contributed by atoms with E-state index in [1.54, 1.807) is 57.0 Å². The van der Waals surface area contributed by atoms with E-state index in [4.69, 9.17) is 9.47 Å². The Bertz CT molecular complexity index is 1800. The molecular formula is C35H41F2N7O4. The highest BCUT2D eigenvalue weighted by Crippen LogP contribution is 2.32. The summed E-state index contributed by atoms with van der Waals surface area (Å²) >= 11 is 0. The maximum Gasteiger partial charge on any atom is 0.410 e. The van der Waals surface area contributed by atoms with Crippen molar-refractivity contribution in [2.24, 2.45) is 0 Å². The quantitative estimate of drug-likeness (QED) is 0.212. The minimum atomic E-state index is -0.745. The summed E-state index contributed by atoms with van der Waals surface area (Å²) in [6.07, 6.45) is 4.87. The number of ether oxygens (including phenoxy) is 2. The Labute approximate surface area is 278 Å². The monoisotopic (exact) mass is 661 g/mol. The van der Waals surface area contributed by atoms with Gasteiger partial charge < -0.3 is 25.0 Å². The standard InChI is InChI=1S/C35H41F2N7O4/c1-20(41-32(45)47-34(2,3)4)24-10-13-38-30-25(24)16-23(17-26(30)36)29-27(37)19-40-31(43-29)42-28-9-8-22(18-39-28)21-11-14-44(15-12-21)33(46)48-35(5,6)7/h8-10,13,16-21H,11-12,14-15H2,1-7H3,(H,41,45)(H,39,40,42,43). The number of amides is 2. The van der Waals surface area contributed by atoms with E-state index < -0.39 is 35.0 Å². The zero-order chi connectivity index (χ0) is 34.8. The SMILES string of the molecule is CC(NC(=O)OC(C)(C)C)c1ccnc2c(F)cc(-c3nc(Nc4ccc(C5CCN(C(=O)OC(C)(C)C)CC5)cn4)ncc3F)cc12. The van der Waals surface area contributed by atoms with Crippen LogP contribution < -0.4 is 10.6 Å². The molecule has 1 saturated heterocycles. The zero-order valence-electron chi connectivity index (χ0n) is 28.2. The third-order valence-corrected chi connectivity index (χ3v) is 7.69. The van der Waals surface area contributed by atoms with E-state index in [1.807, 2.05) is 26.8 Å². The molecule has 1 aliphatic rings. The second-order valence-corrected chi connectivity index (χ2v) is 13.9. The lowest BCUT2D eigenvalue weighted by atomic mass is 9.90. The van der Waals surface area contributed by atoms with Crippen molar-refractivity contribution >= 4 is 34.9 Å². The molecule has 0 saturated carbocycles. The van der Waals surface area contributed by atoms with Crippen LogP contribution in [0.1, 0.15) is 84.4 Å². The first kappa shape index (κ1) is 34.4. The van der Waals surface area contributed by atoms with E-state index in [2.05, 4.69) is 30.6 Å². The molecule has 254 valence electrons. The molecule has 1 fully saturated rings. The molecule has 11 nitrogen and oxygen atoms in total. The number of hydrogen-bond donors (Lipinski definition) is 2. The maximum atomic E-state index is 15.4. The van der Waals surface area contributed by atoms with Crippen LogP contribution in [0.2, 0.25) is 0 Å². The molecular weight excluding hydrogens is 620 g/mol. The Kier molecular flexibility index (Phi) is 9.79. The number of likely N-dealkylation sites (tertiary alicyclic amines) is 1. The lowest BCUT2D eigenvalue weighted by molar-refractivity contribution is 0.0204. The molecule has 0 spiro atoms. The number of halogens is 2. The second kappa shape index (κ2) is 13.7. The first-order valence-electron chi connectivity index (χ1n) is 15.9. The van der Waals surface area contributed by atoms with Gasteiger partial charge in [-0.25, -0.2) is 33.3 Å². The van der Waals surface area contributed by atoms with Gasteiger partial charge in [0.1, 0.15) is 34.0 Å². The van der Waals surface area contributed by atoms with Gasteiger partial charge in [-0.1, -0.05) is 6.07 Å². The van der Waals surface area contributed by atoms with E-state index in [0.717, 1.165) is 24.6 Å². The van der Waals surface area contributed by atoms with Gasteiger partial charge in [0.05, 0.1) is 12.2 Å². The third kappa shape index (κ3) is 8.50. The Morgan fingerprint density at radius 2 is 1.62 bits per heavy atom. The number of piperidine rings is 1. The summed E-state index contributed by atoms with van der Waals surface area (Å²) in [5.41, 5.74) is 0.493. The van der Waals surface area contributed by atoms with Crippen LogP contribution >= 0.6 is 0 Å². The van der Waals surface area contributed by atoms with Crippen molar-refractivity contribution in [3.05, 3.63) is 71.7 Å². The fourth-order valence-corrected chi connectivity index (χ4v) is 5.50. The first-order valence-corrected chi connectivity index (χ1v) is 15.9. The topological polar surface area (TPSA) is 131 Å². The average molecular weight is 662 g/mol. The van der Waals surface area contributed by atoms with Crippen molar-refractivity contribution in [2.45, 2.75) is 84.5 Å². The molecule has 1 atom stereocenters. The van der Waals surface area contributed by atoms with Crippen molar-refractivity contribution < 1.29 is 27.8 Å². The van der Waals surface area contributed by atoms with Crippen LogP contribution in [0.3, 0.4) is 0 Å². The van der Waals surface area contributed by atoms with Gasteiger partial charge in [0.25, 0.3) is 0 Å². The van der Waals surface area contributed by atoms with Gasteiger partial charge in [0.2, 0.25) is 5.95 Å². The van der Waals surface area contributed by atoms with Crippen molar-refractivity contribution in [3.63, 3.8) is 0 Å². The van der Waals surface area contributed by atoms with Gasteiger partial charge in [0.15, 0.2) is 5.82 Å². The molecule has 1 aliphatic heterocycles. The van der Waals surface area contributed by atoms with Gasteiger partial charge in [0, 0.05) is 36.4 Å². The number of benzene rings is 1. The van der Waals surface area contributed by atoms with Gasteiger partial charge in [-0.05, 0) is 103 Å². The number of nitrogens with zero attached hydrogens (tertiary/aromatic N) is 5. The number of fused-ring (bicyclic) bond motifs is 1. The van der Waals surface area contributed by atoms with Crippen LogP contribution in [0, 0.1) is 11.6 Å². The number of rotatable bonds is 6. The summed E-state index contributed by atoms with van der Waals surface area (Å²) in [5, 5.41) is 6.15. The number of anilines is 2. The minimum absolute atomic E-state index is 0.0710. The molecule has 2 amide bonds. The molecule has 48 heavy (non-hydrogen) atoms. The number of pyridine rings is 2. The lowest BCUT2D eigenvalue weighted by Crippen LogP contribution is -2.41. The summed E-state index contributed by atoms with van der Waals surface area (Å²) in [6.45, 7) is 13.7. The minimum Gasteiger partial charge on any atom is -0.444 e. The Morgan fingerprint density at radius 3 is 2.27 bits per heavy atom. The molecule has 0 radical (unpaired) electrons. The molecule has 0 bridgehead atoms. The summed E-state index contributed by atoms with van der Waals surface area (Å²) < 4.78 is 41.3. The fraction of sp³-hybridized carbons (Fsp3) is 0.429.